The number of nitriles is 1. The number of hydrogen-bond acceptors (Lipinski definition) is 7. The van der Waals surface area contributed by atoms with Gasteiger partial charge in [-0.25, -0.2) is 0 Å². The van der Waals surface area contributed by atoms with Crippen LogP contribution in [0.3, 0.4) is 0 Å². The highest BCUT2D eigenvalue weighted by molar-refractivity contribution is 7.99. The van der Waals surface area contributed by atoms with Crippen molar-refractivity contribution in [2.24, 2.45) is 0 Å². The van der Waals surface area contributed by atoms with Crippen LogP contribution in [0.4, 0.5) is 0 Å². The predicted octanol–water partition coefficient (Wildman–Crippen LogP) is 4.29. The molecule has 1 heterocycles. The van der Waals surface area contributed by atoms with Crippen LogP contribution in [0.15, 0.2) is 52.1 Å². The van der Waals surface area contributed by atoms with Crippen LogP contribution in [0.2, 0.25) is 0 Å². The number of rotatable bonds is 7. The predicted molar refractivity (Wildman–Crippen MR) is 103 cm³/mol. The van der Waals surface area contributed by atoms with Gasteiger partial charge in [0.25, 0.3) is 5.22 Å². The molecule has 0 amide bonds. The number of hydrogen-bond donors (Lipinski definition) is 0. The molecule has 0 bridgehead atoms. The van der Waals surface area contributed by atoms with Crippen LogP contribution in [0, 0.1) is 18.3 Å². The first-order valence-corrected chi connectivity index (χ1v) is 9.18. The Morgan fingerprint density at radius 1 is 1.07 bits per heavy atom. The highest BCUT2D eigenvalue weighted by atomic mass is 32.2. The van der Waals surface area contributed by atoms with Crippen molar-refractivity contribution in [3.63, 3.8) is 0 Å². The summed E-state index contributed by atoms with van der Waals surface area (Å²) in [6, 6.07) is 15.8. The fraction of sp³-hybridized carbons (Fsp3) is 0.250. The fourth-order valence-corrected chi connectivity index (χ4v) is 3.27. The minimum Gasteiger partial charge on any atom is -0.497 e. The van der Waals surface area contributed by atoms with E-state index < -0.39 is 0 Å². The van der Waals surface area contributed by atoms with Gasteiger partial charge in [-0.3, -0.25) is 0 Å². The van der Waals surface area contributed by atoms with Crippen molar-refractivity contribution in [1.29, 1.82) is 5.26 Å². The summed E-state index contributed by atoms with van der Waals surface area (Å²) in [5.41, 5.74) is 2.98. The van der Waals surface area contributed by atoms with Gasteiger partial charge in [0.05, 0.1) is 20.3 Å². The van der Waals surface area contributed by atoms with Crippen molar-refractivity contribution in [2.75, 3.05) is 14.2 Å². The topological polar surface area (TPSA) is 81.2 Å². The zero-order chi connectivity index (χ0) is 19.2. The van der Waals surface area contributed by atoms with Crippen molar-refractivity contribution in [2.45, 2.75) is 23.8 Å². The Balaban J connectivity index is 1.75. The van der Waals surface area contributed by atoms with Gasteiger partial charge < -0.3 is 13.9 Å². The summed E-state index contributed by atoms with van der Waals surface area (Å²) < 4.78 is 16.3. The smallest absolute Gasteiger partial charge is 0.278 e. The summed E-state index contributed by atoms with van der Waals surface area (Å²) >= 11 is 1.26. The van der Waals surface area contributed by atoms with Crippen LogP contribution in [-0.2, 0) is 6.42 Å². The Bertz CT molecular complexity index is 926. The van der Waals surface area contributed by atoms with E-state index in [1.165, 1.54) is 17.3 Å². The Hall–Kier alpha value is -2.98. The summed E-state index contributed by atoms with van der Waals surface area (Å²) in [7, 11) is 3.16. The average molecular weight is 381 g/mol. The lowest BCUT2D eigenvalue weighted by Gasteiger charge is -2.07. The van der Waals surface area contributed by atoms with Gasteiger partial charge in [-0.15, -0.1) is 10.2 Å². The maximum absolute atomic E-state index is 9.47. The Labute approximate surface area is 162 Å². The molecule has 1 atom stereocenters. The molecule has 0 saturated carbocycles. The van der Waals surface area contributed by atoms with Gasteiger partial charge >= 0.3 is 0 Å². The molecule has 0 unspecified atom stereocenters. The second-order valence-corrected chi connectivity index (χ2v) is 7.05. The normalized spacial score (nSPS) is 11.6. The van der Waals surface area contributed by atoms with Crippen LogP contribution in [0.5, 0.6) is 11.5 Å². The maximum Gasteiger partial charge on any atom is 0.278 e. The minimum atomic E-state index is -0.319. The Kier molecular flexibility index (Phi) is 5.99. The molecule has 0 saturated heterocycles. The fourth-order valence-electron chi connectivity index (χ4n) is 2.48. The van der Waals surface area contributed by atoms with Crippen molar-refractivity contribution in [3.8, 4) is 29.0 Å². The molecule has 0 N–H and O–H groups in total. The van der Waals surface area contributed by atoms with Gasteiger partial charge in [-0.1, -0.05) is 29.8 Å². The average Bonchev–Trinajstić information content (AvgIpc) is 3.17. The first-order chi connectivity index (χ1) is 13.1. The standard InChI is InChI=1S/C20H19N3O3S/c1-13-4-6-14(7-5-13)8-18(12-21)27-20-23-22-19(26-20)15-9-16(24-2)11-17(10-15)25-3/h4-7,9-11,18H,8H2,1-3H3/t18-/m1/s1. The molecule has 0 aliphatic rings. The molecule has 0 aliphatic heterocycles. The van der Waals surface area contributed by atoms with Crippen molar-refractivity contribution in [3.05, 3.63) is 53.6 Å². The zero-order valence-corrected chi connectivity index (χ0v) is 16.1. The van der Waals surface area contributed by atoms with Crippen molar-refractivity contribution >= 4 is 11.8 Å². The molecule has 0 aliphatic carbocycles. The molecule has 2 aromatic carbocycles. The van der Waals surface area contributed by atoms with E-state index in [1.807, 2.05) is 31.2 Å². The first-order valence-electron chi connectivity index (χ1n) is 8.30. The van der Waals surface area contributed by atoms with Crippen molar-refractivity contribution in [1.82, 2.24) is 10.2 Å². The Morgan fingerprint density at radius 3 is 2.33 bits per heavy atom. The van der Waals surface area contributed by atoms with E-state index in [0.29, 0.717) is 34.6 Å². The van der Waals surface area contributed by atoms with E-state index in [-0.39, 0.29) is 5.25 Å². The minimum absolute atomic E-state index is 0.319. The zero-order valence-electron chi connectivity index (χ0n) is 15.3. The molecule has 7 heteroatoms. The molecule has 1 aromatic heterocycles. The molecular formula is C20H19N3O3S. The largest absolute Gasteiger partial charge is 0.497 e. The summed E-state index contributed by atoms with van der Waals surface area (Å²) in [6.07, 6.45) is 0.603. The third kappa shape index (κ3) is 4.80. The molecule has 0 spiro atoms. The molecule has 3 rings (SSSR count). The summed E-state index contributed by atoms with van der Waals surface area (Å²) in [5.74, 6) is 1.61. The van der Waals surface area contributed by atoms with Gasteiger partial charge in [0.1, 0.15) is 16.7 Å². The van der Waals surface area contributed by atoms with Gasteiger partial charge in [-0.05, 0) is 42.8 Å². The second kappa shape index (κ2) is 8.60. The molecule has 27 heavy (non-hydrogen) atoms. The van der Waals surface area contributed by atoms with E-state index in [9.17, 15) is 5.26 Å². The van der Waals surface area contributed by atoms with Crippen LogP contribution >= 0.6 is 11.8 Å². The van der Waals surface area contributed by atoms with Crippen LogP contribution in [0.1, 0.15) is 11.1 Å². The monoisotopic (exact) mass is 381 g/mol. The van der Waals surface area contributed by atoms with Crippen molar-refractivity contribution < 1.29 is 13.9 Å². The van der Waals surface area contributed by atoms with Gasteiger partial charge in [-0.2, -0.15) is 5.26 Å². The SMILES string of the molecule is COc1cc(OC)cc(-c2nnc(S[C@@H](C#N)Cc3ccc(C)cc3)o2)c1. The lowest BCUT2D eigenvalue weighted by Crippen LogP contribution is -2.03. The number of aryl methyl sites for hydroxylation is 1. The molecule has 138 valence electrons. The van der Waals surface area contributed by atoms with Crippen LogP contribution in [-0.4, -0.2) is 29.7 Å². The highest BCUT2D eigenvalue weighted by Gasteiger charge is 2.17. The van der Waals surface area contributed by atoms with Crippen LogP contribution < -0.4 is 9.47 Å². The summed E-state index contributed by atoms with van der Waals surface area (Å²) in [6.45, 7) is 2.04. The van der Waals surface area contributed by atoms with E-state index in [1.54, 1.807) is 32.4 Å². The van der Waals surface area contributed by atoms with Gasteiger partial charge in [0, 0.05) is 11.6 Å². The van der Waals surface area contributed by atoms with E-state index in [0.717, 1.165) is 5.56 Å². The van der Waals surface area contributed by atoms with E-state index in [4.69, 9.17) is 13.9 Å². The number of thioether (sulfide) groups is 1. The molecule has 0 radical (unpaired) electrons. The second-order valence-electron chi connectivity index (χ2n) is 5.90. The van der Waals surface area contributed by atoms with Gasteiger partial charge in [0.2, 0.25) is 5.89 Å². The van der Waals surface area contributed by atoms with Crippen LogP contribution in [0.25, 0.3) is 11.5 Å². The quantitative estimate of drug-likeness (QED) is 0.565. The third-order valence-corrected chi connectivity index (χ3v) is 4.86. The molecule has 6 nitrogen and oxygen atoms in total. The summed E-state index contributed by atoms with van der Waals surface area (Å²) in [4.78, 5) is 0. The lowest BCUT2D eigenvalue weighted by molar-refractivity contribution is 0.394. The number of benzene rings is 2. The van der Waals surface area contributed by atoms with Gasteiger partial charge in [0.15, 0.2) is 0 Å². The third-order valence-electron chi connectivity index (χ3n) is 3.93. The first kappa shape index (κ1) is 18.8. The van der Waals surface area contributed by atoms with E-state index in [2.05, 4.69) is 16.3 Å². The molecule has 3 aromatic rings. The number of nitrogens with zero attached hydrogens (tertiary/aromatic N) is 3. The highest BCUT2D eigenvalue weighted by Crippen LogP contribution is 2.32. The number of ether oxygens (including phenoxy) is 2. The molecule has 0 fully saturated rings. The number of methoxy groups -OCH3 is 2. The van der Waals surface area contributed by atoms with E-state index >= 15 is 0 Å². The summed E-state index contributed by atoms with van der Waals surface area (Å²) in [5, 5.41) is 17.6. The molecular weight excluding hydrogens is 362 g/mol. The lowest BCUT2D eigenvalue weighted by atomic mass is 10.1. The Morgan fingerprint density at radius 2 is 1.74 bits per heavy atom. The number of aromatic nitrogens is 2. The maximum atomic E-state index is 9.47.